The molecule has 0 spiro atoms. The lowest BCUT2D eigenvalue weighted by molar-refractivity contribution is 0.429. The summed E-state index contributed by atoms with van der Waals surface area (Å²) in [6.45, 7) is 5.31. The number of hydrogen-bond donors (Lipinski definition) is 0. The van der Waals surface area contributed by atoms with Crippen molar-refractivity contribution >= 4 is 0 Å². The van der Waals surface area contributed by atoms with Crippen molar-refractivity contribution in [2.45, 2.75) is 26.3 Å². The van der Waals surface area contributed by atoms with Crippen LogP contribution < -0.4 is 0 Å². The Morgan fingerprint density at radius 2 is 2.20 bits per heavy atom. The van der Waals surface area contributed by atoms with E-state index < -0.39 is 5.54 Å². The summed E-state index contributed by atoms with van der Waals surface area (Å²) in [6, 6.07) is 1.96. The molecule has 4 heteroatoms. The van der Waals surface area contributed by atoms with Crippen LogP contribution in [0.1, 0.15) is 20.8 Å². The van der Waals surface area contributed by atoms with Crippen LogP contribution >= 0.6 is 0 Å². The molecule has 0 amide bonds. The summed E-state index contributed by atoms with van der Waals surface area (Å²) >= 11 is 0. The first-order valence-electron chi connectivity index (χ1n) is 3.04. The summed E-state index contributed by atoms with van der Waals surface area (Å²) in [4.78, 5) is 2.60. The van der Waals surface area contributed by atoms with Crippen molar-refractivity contribution in [3.8, 4) is 6.07 Å². The number of nitriles is 1. The number of azide groups is 1. The van der Waals surface area contributed by atoms with Gasteiger partial charge in [0.25, 0.3) is 0 Å². The van der Waals surface area contributed by atoms with Gasteiger partial charge in [0.1, 0.15) is 5.54 Å². The molecule has 0 aliphatic rings. The maximum absolute atomic E-state index is 8.57. The molecule has 0 aromatic rings. The van der Waals surface area contributed by atoms with Gasteiger partial charge in [-0.05, 0) is 18.4 Å². The van der Waals surface area contributed by atoms with E-state index in [4.69, 9.17) is 10.8 Å². The lowest BCUT2D eigenvalue weighted by Crippen LogP contribution is -2.25. The molecule has 4 nitrogen and oxygen atoms in total. The summed E-state index contributed by atoms with van der Waals surface area (Å²) in [5.41, 5.74) is 7.19. The molecule has 0 aliphatic carbocycles. The van der Waals surface area contributed by atoms with Crippen molar-refractivity contribution in [3.63, 3.8) is 0 Å². The molecule has 0 aromatic heterocycles. The molecule has 0 fully saturated rings. The predicted molar refractivity (Wildman–Crippen MR) is 38.0 cm³/mol. The first-order chi connectivity index (χ1) is 4.56. The van der Waals surface area contributed by atoms with Gasteiger partial charge < -0.3 is 0 Å². The predicted octanol–water partition coefficient (Wildman–Crippen LogP) is 2.23. The highest BCUT2D eigenvalue weighted by molar-refractivity contribution is 5.05. The molecule has 0 N–H and O–H groups in total. The van der Waals surface area contributed by atoms with Crippen molar-refractivity contribution in [1.29, 1.82) is 5.26 Å². The van der Waals surface area contributed by atoms with Gasteiger partial charge in [-0.3, -0.25) is 0 Å². The van der Waals surface area contributed by atoms with E-state index in [0.717, 1.165) is 0 Å². The highest BCUT2D eigenvalue weighted by Gasteiger charge is 2.26. The Kier molecular flexibility index (Phi) is 2.72. The molecular weight excluding hydrogens is 128 g/mol. The fourth-order valence-electron chi connectivity index (χ4n) is 0.360. The second-order valence-electron chi connectivity index (χ2n) is 2.60. The Morgan fingerprint density at radius 3 is 2.30 bits per heavy atom. The number of hydrogen-bond acceptors (Lipinski definition) is 2. The zero-order chi connectivity index (χ0) is 8.20. The molecular formula is C6H10N4. The van der Waals surface area contributed by atoms with Crippen LogP contribution in [-0.2, 0) is 0 Å². The van der Waals surface area contributed by atoms with E-state index in [-0.39, 0.29) is 5.92 Å². The molecule has 0 aliphatic heterocycles. The largest absolute Gasteiger partial charge is 0.198 e. The van der Waals surface area contributed by atoms with Crippen molar-refractivity contribution < 1.29 is 0 Å². The average Bonchev–Trinajstić information content (AvgIpc) is 1.88. The third-order valence-electron chi connectivity index (χ3n) is 1.60. The van der Waals surface area contributed by atoms with Crippen LogP contribution in [-0.4, -0.2) is 5.54 Å². The molecule has 0 radical (unpaired) electrons. The average molecular weight is 138 g/mol. The minimum Gasteiger partial charge on any atom is -0.198 e. The molecule has 1 atom stereocenters. The third-order valence-corrected chi connectivity index (χ3v) is 1.60. The van der Waals surface area contributed by atoms with E-state index in [9.17, 15) is 0 Å². The topological polar surface area (TPSA) is 72.5 Å². The van der Waals surface area contributed by atoms with Crippen LogP contribution in [0.3, 0.4) is 0 Å². The minimum absolute atomic E-state index is 0.0494. The highest BCUT2D eigenvalue weighted by atomic mass is 15.2. The number of rotatable bonds is 2. The maximum Gasteiger partial charge on any atom is 0.135 e. The molecule has 0 heterocycles. The molecule has 0 saturated carbocycles. The van der Waals surface area contributed by atoms with Crippen molar-refractivity contribution in [3.05, 3.63) is 10.4 Å². The Bertz CT molecular complexity index is 196. The normalized spacial score (nSPS) is 15.1. The highest BCUT2D eigenvalue weighted by Crippen LogP contribution is 2.19. The Labute approximate surface area is 60.1 Å². The van der Waals surface area contributed by atoms with E-state index in [1.54, 1.807) is 6.92 Å². The Morgan fingerprint density at radius 1 is 1.70 bits per heavy atom. The maximum atomic E-state index is 8.57. The van der Waals surface area contributed by atoms with Gasteiger partial charge in [-0.2, -0.15) is 5.26 Å². The molecule has 1 unspecified atom stereocenters. The zero-order valence-electron chi connectivity index (χ0n) is 6.37. The Balaban J connectivity index is 4.59. The van der Waals surface area contributed by atoms with Crippen molar-refractivity contribution in [2.24, 2.45) is 11.0 Å². The summed E-state index contributed by atoms with van der Waals surface area (Å²) in [7, 11) is 0. The second-order valence-corrected chi connectivity index (χ2v) is 2.60. The second kappa shape index (κ2) is 3.09. The van der Waals surface area contributed by atoms with Crippen molar-refractivity contribution in [2.75, 3.05) is 0 Å². The number of nitrogens with zero attached hydrogens (tertiary/aromatic N) is 4. The van der Waals surface area contributed by atoms with E-state index in [2.05, 4.69) is 10.0 Å². The van der Waals surface area contributed by atoms with E-state index in [1.165, 1.54) is 0 Å². The van der Waals surface area contributed by atoms with Gasteiger partial charge in [0.15, 0.2) is 0 Å². The first kappa shape index (κ1) is 8.80. The Hall–Kier alpha value is -1.20. The van der Waals surface area contributed by atoms with Crippen LogP contribution in [0.4, 0.5) is 0 Å². The smallest absolute Gasteiger partial charge is 0.135 e. The van der Waals surface area contributed by atoms with Crippen LogP contribution in [0.2, 0.25) is 0 Å². The summed E-state index contributed by atoms with van der Waals surface area (Å²) in [5.74, 6) is 0.0494. The lowest BCUT2D eigenvalue weighted by Gasteiger charge is -2.18. The molecule has 0 aromatic carbocycles. The summed E-state index contributed by atoms with van der Waals surface area (Å²) in [5, 5.41) is 12.0. The minimum atomic E-state index is -0.894. The summed E-state index contributed by atoms with van der Waals surface area (Å²) in [6.07, 6.45) is 0. The van der Waals surface area contributed by atoms with Gasteiger partial charge in [-0.15, -0.1) is 0 Å². The SMILES string of the molecule is CC(C)C(C)(C#N)N=[N+]=[N-]. The van der Waals surface area contributed by atoms with Crippen LogP contribution in [0.15, 0.2) is 5.11 Å². The third kappa shape index (κ3) is 1.64. The fourth-order valence-corrected chi connectivity index (χ4v) is 0.360. The standard InChI is InChI=1S/C6H10N4/c1-5(2)6(3,4-7)9-10-8/h5H,1-3H3. The fraction of sp³-hybridized carbons (Fsp3) is 0.833. The quantitative estimate of drug-likeness (QED) is 0.327. The van der Waals surface area contributed by atoms with E-state index >= 15 is 0 Å². The molecule has 0 rings (SSSR count). The van der Waals surface area contributed by atoms with E-state index in [0.29, 0.717) is 0 Å². The molecule has 0 saturated heterocycles. The van der Waals surface area contributed by atoms with Gasteiger partial charge in [0, 0.05) is 4.91 Å². The van der Waals surface area contributed by atoms with Gasteiger partial charge in [0.05, 0.1) is 6.07 Å². The van der Waals surface area contributed by atoms with Crippen molar-refractivity contribution in [1.82, 2.24) is 0 Å². The van der Waals surface area contributed by atoms with Gasteiger partial charge in [-0.25, -0.2) is 0 Å². The van der Waals surface area contributed by atoms with Crippen LogP contribution in [0, 0.1) is 17.2 Å². The molecule has 0 bridgehead atoms. The van der Waals surface area contributed by atoms with Crippen LogP contribution in [0.25, 0.3) is 10.4 Å². The van der Waals surface area contributed by atoms with Gasteiger partial charge >= 0.3 is 0 Å². The lowest BCUT2D eigenvalue weighted by atomic mass is 9.91. The van der Waals surface area contributed by atoms with Gasteiger partial charge in [0.2, 0.25) is 0 Å². The summed E-state index contributed by atoms with van der Waals surface area (Å²) < 4.78 is 0. The zero-order valence-corrected chi connectivity index (χ0v) is 6.37. The molecule has 54 valence electrons. The van der Waals surface area contributed by atoms with Crippen LogP contribution in [0.5, 0.6) is 0 Å². The molecule has 10 heavy (non-hydrogen) atoms. The van der Waals surface area contributed by atoms with Gasteiger partial charge in [-0.1, -0.05) is 19.0 Å². The first-order valence-corrected chi connectivity index (χ1v) is 3.04. The monoisotopic (exact) mass is 138 g/mol. The van der Waals surface area contributed by atoms with E-state index in [1.807, 2.05) is 19.9 Å².